The molecule has 3 atom stereocenters. The van der Waals surface area contributed by atoms with Crippen LogP contribution in [0.25, 0.3) is 0 Å². The van der Waals surface area contributed by atoms with Gasteiger partial charge in [0.15, 0.2) is 0 Å². The topological polar surface area (TPSA) is 26.3 Å². The fourth-order valence-corrected chi connectivity index (χ4v) is 9.21. The fraction of sp³-hybridized carbons (Fsp3) is 0.941. The van der Waals surface area contributed by atoms with Gasteiger partial charge in [0.2, 0.25) is 0 Å². The van der Waals surface area contributed by atoms with E-state index in [1.807, 2.05) is 0 Å². The second-order valence-corrected chi connectivity index (χ2v) is 11.2. The first-order chi connectivity index (χ1) is 9.40. The lowest BCUT2D eigenvalue weighted by atomic mass is 10.3. The lowest BCUT2D eigenvalue weighted by Crippen LogP contribution is -2.51. The Kier molecular flexibility index (Phi) is 9.44. The Morgan fingerprint density at radius 2 is 1.30 bits per heavy atom. The van der Waals surface area contributed by atoms with E-state index in [-0.39, 0.29) is 5.97 Å². The molecule has 0 rings (SSSR count). The molecule has 0 heterocycles. The molecule has 120 valence electrons. The largest absolute Gasteiger partial charge is 0.518 e. The number of unbranched alkanes of at least 4 members (excludes halogenated alkanes) is 1. The highest BCUT2D eigenvalue weighted by Gasteiger charge is 2.51. The summed E-state index contributed by atoms with van der Waals surface area (Å²) in [5.74, 6) is 0.0550. The molecule has 2 nitrogen and oxygen atoms in total. The van der Waals surface area contributed by atoms with E-state index in [1.165, 1.54) is 0 Å². The number of carbonyl (C=O) groups is 1. The quantitative estimate of drug-likeness (QED) is 0.458. The van der Waals surface area contributed by atoms with Gasteiger partial charge in [-0.3, -0.25) is 4.79 Å². The summed E-state index contributed by atoms with van der Waals surface area (Å²) in [6.45, 7) is 15.7. The van der Waals surface area contributed by atoms with Crippen molar-refractivity contribution in [1.82, 2.24) is 0 Å². The highest BCUT2D eigenvalue weighted by atomic mass is 28.4. The van der Waals surface area contributed by atoms with E-state index in [0.717, 1.165) is 32.1 Å². The number of rotatable bonds is 10. The van der Waals surface area contributed by atoms with E-state index in [2.05, 4.69) is 48.5 Å². The second kappa shape index (κ2) is 9.59. The van der Waals surface area contributed by atoms with E-state index in [4.69, 9.17) is 4.43 Å². The maximum Gasteiger partial charge on any atom is 0.292 e. The molecule has 0 aromatic heterocycles. The Morgan fingerprint density at radius 1 is 0.900 bits per heavy atom. The Morgan fingerprint density at radius 3 is 1.60 bits per heavy atom. The smallest absolute Gasteiger partial charge is 0.292 e. The van der Waals surface area contributed by atoms with Crippen LogP contribution in [0.5, 0.6) is 0 Å². The van der Waals surface area contributed by atoms with E-state index in [9.17, 15) is 4.79 Å². The van der Waals surface area contributed by atoms with Gasteiger partial charge in [-0.1, -0.05) is 74.1 Å². The molecule has 0 bridgehead atoms. The summed E-state index contributed by atoms with van der Waals surface area (Å²) in [6.07, 6.45) is 5.94. The van der Waals surface area contributed by atoms with Gasteiger partial charge in [0.25, 0.3) is 14.3 Å². The van der Waals surface area contributed by atoms with Crippen molar-refractivity contribution in [3.05, 3.63) is 0 Å². The Labute approximate surface area is 127 Å². The summed E-state index contributed by atoms with van der Waals surface area (Å²) in [6, 6.07) is 0. The molecular formula is C17H36O2Si. The third-order valence-corrected chi connectivity index (χ3v) is 11.6. The molecule has 0 radical (unpaired) electrons. The Balaban J connectivity index is 5.33. The fourth-order valence-electron chi connectivity index (χ4n) is 3.29. The Bertz CT molecular complexity index is 252. The predicted molar refractivity (Wildman–Crippen MR) is 90.5 cm³/mol. The van der Waals surface area contributed by atoms with E-state index >= 15 is 0 Å². The van der Waals surface area contributed by atoms with Crippen LogP contribution in [0.3, 0.4) is 0 Å². The molecule has 0 spiro atoms. The standard InChI is InChI=1S/C17H36O2Si/c1-8-12-13-17(18)19-20(14(5)9-2,15(6)10-3)16(7)11-4/h14-16H,8-13H2,1-7H3. The van der Waals surface area contributed by atoms with Gasteiger partial charge in [0.05, 0.1) is 0 Å². The highest BCUT2D eigenvalue weighted by Crippen LogP contribution is 2.47. The molecule has 0 amide bonds. The monoisotopic (exact) mass is 300 g/mol. The van der Waals surface area contributed by atoms with Gasteiger partial charge in [-0.15, -0.1) is 0 Å². The van der Waals surface area contributed by atoms with Crippen LogP contribution in [-0.4, -0.2) is 14.3 Å². The average Bonchev–Trinajstić information content (AvgIpc) is 2.47. The van der Waals surface area contributed by atoms with Crippen LogP contribution in [0, 0.1) is 0 Å². The van der Waals surface area contributed by atoms with Crippen molar-refractivity contribution in [1.29, 1.82) is 0 Å². The predicted octanol–water partition coefficient (Wildman–Crippen LogP) is 6.07. The zero-order chi connectivity index (χ0) is 15.8. The molecule has 0 aliphatic heterocycles. The summed E-state index contributed by atoms with van der Waals surface area (Å²) < 4.78 is 6.30. The van der Waals surface area contributed by atoms with Gasteiger partial charge in [-0.2, -0.15) is 0 Å². The minimum Gasteiger partial charge on any atom is -0.518 e. The van der Waals surface area contributed by atoms with E-state index < -0.39 is 8.32 Å². The molecule has 3 unspecified atom stereocenters. The van der Waals surface area contributed by atoms with E-state index in [1.54, 1.807) is 0 Å². The molecule has 0 saturated carbocycles. The molecule has 0 aliphatic carbocycles. The minimum absolute atomic E-state index is 0.0550. The van der Waals surface area contributed by atoms with Crippen molar-refractivity contribution >= 4 is 14.3 Å². The van der Waals surface area contributed by atoms with Gasteiger partial charge < -0.3 is 4.43 Å². The van der Waals surface area contributed by atoms with Crippen LogP contribution in [0.2, 0.25) is 16.6 Å². The first kappa shape index (κ1) is 19.7. The first-order valence-corrected chi connectivity index (χ1v) is 10.8. The van der Waals surface area contributed by atoms with Crippen molar-refractivity contribution < 1.29 is 9.22 Å². The van der Waals surface area contributed by atoms with Crippen LogP contribution in [0.1, 0.15) is 87.0 Å². The summed E-state index contributed by atoms with van der Waals surface area (Å²) in [5.41, 5.74) is 1.62. The minimum atomic E-state index is -2.07. The van der Waals surface area contributed by atoms with Crippen LogP contribution in [-0.2, 0) is 9.22 Å². The average molecular weight is 301 g/mol. The summed E-state index contributed by atoms with van der Waals surface area (Å²) in [4.78, 5) is 12.3. The lowest BCUT2D eigenvalue weighted by molar-refractivity contribution is -0.135. The van der Waals surface area contributed by atoms with Gasteiger partial charge in [0.1, 0.15) is 0 Å². The SMILES string of the molecule is CCCCC(=O)O[Si](C(C)CC)(C(C)CC)C(C)CC. The summed E-state index contributed by atoms with van der Waals surface area (Å²) in [7, 11) is -2.07. The van der Waals surface area contributed by atoms with Gasteiger partial charge in [-0.25, -0.2) is 0 Å². The zero-order valence-electron chi connectivity index (χ0n) is 14.8. The van der Waals surface area contributed by atoms with Crippen molar-refractivity contribution in [3.63, 3.8) is 0 Å². The first-order valence-electron chi connectivity index (χ1n) is 8.62. The third kappa shape index (κ3) is 4.61. The normalized spacial score (nSPS) is 18.9. The van der Waals surface area contributed by atoms with E-state index in [0.29, 0.717) is 23.0 Å². The van der Waals surface area contributed by atoms with Crippen molar-refractivity contribution in [3.8, 4) is 0 Å². The summed E-state index contributed by atoms with van der Waals surface area (Å²) in [5, 5.41) is 0. The van der Waals surface area contributed by atoms with Crippen molar-refractivity contribution in [2.45, 2.75) is 104 Å². The molecule has 0 fully saturated rings. The third-order valence-electron chi connectivity index (χ3n) is 5.17. The van der Waals surface area contributed by atoms with Crippen LogP contribution >= 0.6 is 0 Å². The molecule has 0 aliphatic rings. The molecule has 3 heteroatoms. The number of hydrogen-bond donors (Lipinski definition) is 0. The highest BCUT2D eigenvalue weighted by molar-refractivity contribution is 6.79. The van der Waals surface area contributed by atoms with Crippen molar-refractivity contribution in [2.24, 2.45) is 0 Å². The van der Waals surface area contributed by atoms with Gasteiger partial charge in [0, 0.05) is 6.42 Å². The van der Waals surface area contributed by atoms with Crippen LogP contribution in [0.15, 0.2) is 0 Å². The molecule has 0 N–H and O–H groups in total. The molecule has 0 aromatic carbocycles. The van der Waals surface area contributed by atoms with Gasteiger partial charge in [-0.05, 0) is 23.0 Å². The molecule has 0 aromatic rings. The maximum absolute atomic E-state index is 12.3. The molecule has 0 saturated heterocycles. The number of hydrogen-bond acceptors (Lipinski definition) is 2. The molecule has 20 heavy (non-hydrogen) atoms. The number of carbonyl (C=O) groups excluding carboxylic acids is 1. The lowest BCUT2D eigenvalue weighted by Gasteiger charge is -2.44. The van der Waals surface area contributed by atoms with Crippen LogP contribution < -0.4 is 0 Å². The van der Waals surface area contributed by atoms with Gasteiger partial charge >= 0.3 is 0 Å². The Hall–Kier alpha value is -0.313. The molecular weight excluding hydrogens is 264 g/mol. The summed E-state index contributed by atoms with van der Waals surface area (Å²) >= 11 is 0. The van der Waals surface area contributed by atoms with Crippen LogP contribution in [0.4, 0.5) is 0 Å². The second-order valence-electron chi connectivity index (χ2n) is 6.36. The van der Waals surface area contributed by atoms with Crippen molar-refractivity contribution in [2.75, 3.05) is 0 Å². The zero-order valence-corrected chi connectivity index (χ0v) is 15.8. The maximum atomic E-state index is 12.3.